The molecule has 1 aliphatic rings. The smallest absolute Gasteiger partial charge is 0.238 e. The van der Waals surface area contributed by atoms with Gasteiger partial charge in [0.15, 0.2) is 0 Å². The molecule has 1 amide bonds. The summed E-state index contributed by atoms with van der Waals surface area (Å²) in [5.74, 6) is 0.0580. The van der Waals surface area contributed by atoms with E-state index in [1.165, 1.54) is 6.33 Å². The predicted octanol–water partition coefficient (Wildman–Crippen LogP) is 2.00. The number of hydrogen-bond donors (Lipinski definition) is 0. The van der Waals surface area contributed by atoms with Gasteiger partial charge in [-0.2, -0.15) is 5.10 Å². The third-order valence-corrected chi connectivity index (χ3v) is 3.62. The largest absolute Gasteiger partial charge is 0.334 e. The molecule has 20 heavy (non-hydrogen) atoms. The number of benzene rings is 1. The summed E-state index contributed by atoms with van der Waals surface area (Å²) in [7, 11) is 0. The van der Waals surface area contributed by atoms with Gasteiger partial charge in [0.2, 0.25) is 5.91 Å². The first-order valence-electron chi connectivity index (χ1n) is 6.57. The van der Waals surface area contributed by atoms with E-state index in [2.05, 4.69) is 10.1 Å². The minimum atomic E-state index is 0.00881. The van der Waals surface area contributed by atoms with Crippen molar-refractivity contribution in [3.8, 4) is 5.69 Å². The van der Waals surface area contributed by atoms with Gasteiger partial charge in [-0.15, -0.1) is 11.6 Å². The van der Waals surface area contributed by atoms with Gasteiger partial charge in [-0.05, 0) is 30.5 Å². The summed E-state index contributed by atoms with van der Waals surface area (Å²) in [6.45, 7) is 0.619. The minimum absolute atomic E-state index is 0.00881. The number of alkyl halides is 1. The SMILES string of the molecule is O=C(CCl)N(Cc1ccc(-n2cncn2)cc1)C1CC1. The summed E-state index contributed by atoms with van der Waals surface area (Å²) in [6, 6.07) is 8.33. The van der Waals surface area contributed by atoms with Crippen LogP contribution in [0.15, 0.2) is 36.9 Å². The van der Waals surface area contributed by atoms with Crippen LogP contribution >= 0.6 is 11.6 Å². The van der Waals surface area contributed by atoms with Crippen molar-refractivity contribution < 1.29 is 4.79 Å². The maximum atomic E-state index is 11.8. The van der Waals surface area contributed by atoms with E-state index in [0.29, 0.717) is 12.6 Å². The van der Waals surface area contributed by atoms with Crippen LogP contribution in [-0.4, -0.2) is 37.5 Å². The lowest BCUT2D eigenvalue weighted by molar-refractivity contribution is -0.129. The Balaban J connectivity index is 1.72. The molecule has 1 saturated carbocycles. The molecule has 2 aromatic rings. The fourth-order valence-corrected chi connectivity index (χ4v) is 2.33. The molecule has 1 fully saturated rings. The van der Waals surface area contributed by atoms with Crippen LogP contribution in [0.2, 0.25) is 0 Å². The van der Waals surface area contributed by atoms with Crippen molar-refractivity contribution >= 4 is 17.5 Å². The van der Waals surface area contributed by atoms with E-state index >= 15 is 0 Å². The number of halogens is 1. The van der Waals surface area contributed by atoms with Crippen molar-refractivity contribution in [1.82, 2.24) is 19.7 Å². The van der Waals surface area contributed by atoms with Crippen molar-refractivity contribution in [2.45, 2.75) is 25.4 Å². The first-order chi connectivity index (χ1) is 9.78. The Bertz CT molecular complexity index is 578. The molecule has 0 aliphatic heterocycles. The van der Waals surface area contributed by atoms with E-state index in [9.17, 15) is 4.79 Å². The average Bonchev–Trinajstić information content (AvgIpc) is 3.18. The van der Waals surface area contributed by atoms with Gasteiger partial charge in [-0.25, -0.2) is 9.67 Å². The molecule has 1 aliphatic carbocycles. The highest BCUT2D eigenvalue weighted by atomic mass is 35.5. The molecule has 5 nitrogen and oxygen atoms in total. The maximum Gasteiger partial charge on any atom is 0.238 e. The zero-order valence-electron chi connectivity index (χ0n) is 10.9. The molecule has 1 aromatic heterocycles. The second-order valence-corrected chi connectivity index (χ2v) is 5.16. The fraction of sp³-hybridized carbons (Fsp3) is 0.357. The number of hydrogen-bond acceptors (Lipinski definition) is 3. The highest BCUT2D eigenvalue weighted by Gasteiger charge is 2.31. The molecule has 0 unspecified atom stereocenters. The zero-order valence-corrected chi connectivity index (χ0v) is 11.7. The molecule has 1 aromatic carbocycles. The Labute approximate surface area is 122 Å². The first kappa shape index (κ1) is 13.1. The maximum absolute atomic E-state index is 11.8. The van der Waals surface area contributed by atoms with Gasteiger partial charge >= 0.3 is 0 Å². The molecule has 0 spiro atoms. The molecule has 0 atom stereocenters. The average molecular weight is 291 g/mol. The number of carbonyl (C=O) groups is 1. The molecule has 104 valence electrons. The van der Waals surface area contributed by atoms with E-state index in [0.717, 1.165) is 24.1 Å². The van der Waals surface area contributed by atoms with Crippen molar-refractivity contribution in [2.24, 2.45) is 0 Å². The van der Waals surface area contributed by atoms with Gasteiger partial charge in [-0.3, -0.25) is 4.79 Å². The van der Waals surface area contributed by atoms with Crippen molar-refractivity contribution in [2.75, 3.05) is 5.88 Å². The molecule has 0 radical (unpaired) electrons. The number of carbonyl (C=O) groups excluding carboxylic acids is 1. The summed E-state index contributed by atoms with van der Waals surface area (Å²) >= 11 is 5.67. The van der Waals surface area contributed by atoms with Gasteiger partial charge in [0.05, 0.1) is 5.69 Å². The van der Waals surface area contributed by atoms with Crippen LogP contribution in [0.4, 0.5) is 0 Å². The highest BCUT2D eigenvalue weighted by molar-refractivity contribution is 6.27. The van der Waals surface area contributed by atoms with E-state index in [1.807, 2.05) is 29.2 Å². The van der Waals surface area contributed by atoms with Crippen LogP contribution < -0.4 is 0 Å². The van der Waals surface area contributed by atoms with E-state index in [4.69, 9.17) is 11.6 Å². The van der Waals surface area contributed by atoms with Crippen LogP contribution in [-0.2, 0) is 11.3 Å². The molecule has 0 bridgehead atoms. The Morgan fingerprint density at radius 2 is 2.10 bits per heavy atom. The van der Waals surface area contributed by atoms with Gasteiger partial charge in [-0.1, -0.05) is 12.1 Å². The van der Waals surface area contributed by atoms with Crippen molar-refractivity contribution in [3.05, 3.63) is 42.5 Å². The molecular weight excluding hydrogens is 276 g/mol. The second kappa shape index (κ2) is 5.63. The Hall–Kier alpha value is -1.88. The lowest BCUT2D eigenvalue weighted by Crippen LogP contribution is -2.33. The summed E-state index contributed by atoms with van der Waals surface area (Å²) in [5, 5.41) is 4.08. The molecular formula is C14H15ClN4O. The molecule has 0 saturated heterocycles. The lowest BCUT2D eigenvalue weighted by atomic mass is 10.2. The molecule has 6 heteroatoms. The summed E-state index contributed by atoms with van der Waals surface area (Å²) < 4.78 is 1.70. The van der Waals surface area contributed by atoms with E-state index in [1.54, 1.807) is 11.0 Å². The van der Waals surface area contributed by atoms with E-state index < -0.39 is 0 Å². The molecule has 1 heterocycles. The van der Waals surface area contributed by atoms with Crippen LogP contribution in [0.1, 0.15) is 18.4 Å². The second-order valence-electron chi connectivity index (χ2n) is 4.89. The summed E-state index contributed by atoms with van der Waals surface area (Å²) in [6.07, 6.45) is 5.32. The summed E-state index contributed by atoms with van der Waals surface area (Å²) in [4.78, 5) is 17.6. The number of nitrogens with zero attached hydrogens (tertiary/aromatic N) is 4. The number of aromatic nitrogens is 3. The monoisotopic (exact) mass is 290 g/mol. The van der Waals surface area contributed by atoms with Gasteiger partial charge in [0.1, 0.15) is 18.5 Å². The van der Waals surface area contributed by atoms with Crippen molar-refractivity contribution in [1.29, 1.82) is 0 Å². The number of amides is 1. The zero-order chi connectivity index (χ0) is 13.9. The quantitative estimate of drug-likeness (QED) is 0.792. The first-order valence-corrected chi connectivity index (χ1v) is 7.11. The van der Waals surface area contributed by atoms with Gasteiger partial charge in [0, 0.05) is 12.6 Å². The Morgan fingerprint density at radius 3 is 2.65 bits per heavy atom. The normalized spacial score (nSPS) is 14.2. The van der Waals surface area contributed by atoms with Crippen molar-refractivity contribution in [3.63, 3.8) is 0 Å². The summed E-state index contributed by atoms with van der Waals surface area (Å²) in [5.41, 5.74) is 2.05. The number of rotatable bonds is 5. The van der Waals surface area contributed by atoms with Gasteiger partial charge < -0.3 is 4.90 Å². The van der Waals surface area contributed by atoms with Crippen LogP contribution in [0.25, 0.3) is 5.69 Å². The van der Waals surface area contributed by atoms with Crippen LogP contribution in [0.3, 0.4) is 0 Å². The predicted molar refractivity (Wildman–Crippen MR) is 75.7 cm³/mol. The topological polar surface area (TPSA) is 51.0 Å². The van der Waals surface area contributed by atoms with Crippen LogP contribution in [0, 0.1) is 0 Å². The Kier molecular flexibility index (Phi) is 3.69. The van der Waals surface area contributed by atoms with E-state index in [-0.39, 0.29) is 11.8 Å². The Morgan fingerprint density at radius 1 is 1.35 bits per heavy atom. The minimum Gasteiger partial charge on any atom is -0.334 e. The molecule has 0 N–H and O–H groups in total. The fourth-order valence-electron chi connectivity index (χ4n) is 2.18. The standard InChI is InChI=1S/C14H15ClN4O/c15-7-14(20)18(12-5-6-12)8-11-1-3-13(4-2-11)19-10-16-9-17-19/h1-4,9-10,12H,5-8H2. The van der Waals surface area contributed by atoms with Crippen LogP contribution in [0.5, 0.6) is 0 Å². The third-order valence-electron chi connectivity index (χ3n) is 3.39. The highest BCUT2D eigenvalue weighted by Crippen LogP contribution is 2.28. The molecule has 3 rings (SSSR count). The third kappa shape index (κ3) is 2.82. The van der Waals surface area contributed by atoms with Gasteiger partial charge in [0.25, 0.3) is 0 Å². The lowest BCUT2D eigenvalue weighted by Gasteiger charge is -2.21.